The lowest BCUT2D eigenvalue weighted by Gasteiger charge is -2.32. The van der Waals surface area contributed by atoms with Crippen LogP contribution in [0, 0.1) is 5.92 Å². The number of benzene rings is 1. The molecule has 1 saturated heterocycles. The first kappa shape index (κ1) is 20.1. The average Bonchev–Trinajstić information content (AvgIpc) is 3.21. The minimum atomic E-state index is -0.0740. The highest BCUT2D eigenvalue weighted by molar-refractivity contribution is 5.79. The fourth-order valence-corrected chi connectivity index (χ4v) is 3.72. The molecule has 1 amide bonds. The van der Waals surface area contributed by atoms with Crippen LogP contribution in [0.4, 0.5) is 5.82 Å². The minimum Gasteiger partial charge on any atom is -0.491 e. The molecule has 158 valence electrons. The molecule has 9 heteroatoms. The van der Waals surface area contributed by atoms with Crippen molar-refractivity contribution in [3.63, 3.8) is 0 Å². The summed E-state index contributed by atoms with van der Waals surface area (Å²) >= 11 is 0. The number of carbonyl (C=O) groups is 1. The molecule has 0 saturated carbocycles. The molecule has 1 atom stereocenters. The van der Waals surface area contributed by atoms with Gasteiger partial charge < -0.3 is 15.0 Å². The van der Waals surface area contributed by atoms with Crippen molar-refractivity contribution in [2.45, 2.75) is 45.8 Å². The lowest BCUT2D eigenvalue weighted by molar-refractivity contribution is -0.126. The molecule has 9 nitrogen and oxygen atoms in total. The number of carbonyl (C=O) groups excluding carboxylic acids is 1. The highest BCUT2D eigenvalue weighted by Gasteiger charge is 2.27. The number of nitrogens with zero attached hydrogens (tertiary/aromatic N) is 6. The third-order valence-electron chi connectivity index (χ3n) is 5.33. The molecule has 1 aliphatic rings. The number of rotatable bonds is 6. The second kappa shape index (κ2) is 8.64. The van der Waals surface area contributed by atoms with Crippen molar-refractivity contribution in [1.29, 1.82) is 0 Å². The Balaban J connectivity index is 1.32. The van der Waals surface area contributed by atoms with Gasteiger partial charge in [-0.05, 0) is 73.9 Å². The Bertz CT molecular complexity index is 1010. The lowest BCUT2D eigenvalue weighted by Crippen LogP contribution is -2.41. The Kier molecular flexibility index (Phi) is 5.78. The maximum absolute atomic E-state index is 12.8. The molecular formula is C21H27N7O2. The first-order valence-corrected chi connectivity index (χ1v) is 10.4. The second-order valence-corrected chi connectivity index (χ2v) is 7.95. The number of ether oxygens (including phenoxy) is 1. The Morgan fingerprint density at radius 3 is 2.73 bits per heavy atom. The fourth-order valence-electron chi connectivity index (χ4n) is 3.72. The molecular weight excluding hydrogens is 382 g/mol. The first-order chi connectivity index (χ1) is 14.5. The summed E-state index contributed by atoms with van der Waals surface area (Å²) in [6, 6.07) is 11.6. The molecule has 0 aliphatic carbocycles. The fraction of sp³-hybridized carbons (Fsp3) is 0.476. The van der Waals surface area contributed by atoms with Gasteiger partial charge in [-0.25, -0.2) is 0 Å². The van der Waals surface area contributed by atoms with Crippen molar-refractivity contribution >= 4 is 17.4 Å². The second-order valence-electron chi connectivity index (χ2n) is 7.95. The highest BCUT2D eigenvalue weighted by Crippen LogP contribution is 2.24. The van der Waals surface area contributed by atoms with E-state index in [4.69, 9.17) is 4.74 Å². The monoisotopic (exact) mass is 409 g/mol. The molecule has 1 fully saturated rings. The normalized spacial score (nSPS) is 16.1. The zero-order valence-corrected chi connectivity index (χ0v) is 17.5. The van der Waals surface area contributed by atoms with E-state index >= 15 is 0 Å². The van der Waals surface area contributed by atoms with Crippen LogP contribution in [0.3, 0.4) is 0 Å². The molecule has 0 bridgehead atoms. The van der Waals surface area contributed by atoms with Crippen molar-refractivity contribution in [2.75, 3.05) is 18.0 Å². The van der Waals surface area contributed by atoms with Crippen LogP contribution >= 0.6 is 0 Å². The molecule has 2 aromatic heterocycles. The predicted molar refractivity (Wildman–Crippen MR) is 112 cm³/mol. The Labute approximate surface area is 175 Å². The number of amides is 1. The van der Waals surface area contributed by atoms with Gasteiger partial charge in [-0.2, -0.15) is 0 Å². The number of piperidine rings is 1. The van der Waals surface area contributed by atoms with Crippen LogP contribution in [-0.2, 0) is 4.79 Å². The van der Waals surface area contributed by atoms with Crippen LogP contribution < -0.4 is 15.0 Å². The number of tetrazole rings is 1. The number of anilines is 1. The van der Waals surface area contributed by atoms with E-state index in [2.05, 4.69) is 30.8 Å². The number of hydrogen-bond acceptors (Lipinski definition) is 7. The molecule has 3 aromatic rings. The van der Waals surface area contributed by atoms with Crippen molar-refractivity contribution in [2.24, 2.45) is 5.92 Å². The Morgan fingerprint density at radius 1 is 1.17 bits per heavy atom. The summed E-state index contributed by atoms with van der Waals surface area (Å²) < 4.78 is 7.19. The van der Waals surface area contributed by atoms with E-state index in [1.807, 2.05) is 57.2 Å². The van der Waals surface area contributed by atoms with E-state index in [-0.39, 0.29) is 24.0 Å². The summed E-state index contributed by atoms with van der Waals surface area (Å²) in [4.78, 5) is 15.0. The maximum atomic E-state index is 12.8. The van der Waals surface area contributed by atoms with Gasteiger partial charge in [-0.1, -0.05) is 12.1 Å². The molecule has 4 rings (SSSR count). The molecule has 1 N–H and O–H groups in total. The van der Waals surface area contributed by atoms with Gasteiger partial charge in [0.25, 0.3) is 0 Å². The van der Waals surface area contributed by atoms with Crippen LogP contribution in [0.15, 0.2) is 36.4 Å². The van der Waals surface area contributed by atoms with Crippen LogP contribution in [0.25, 0.3) is 5.65 Å². The molecule has 1 aromatic carbocycles. The largest absolute Gasteiger partial charge is 0.491 e. The predicted octanol–water partition coefficient (Wildman–Crippen LogP) is 2.40. The van der Waals surface area contributed by atoms with E-state index < -0.39 is 0 Å². The summed E-state index contributed by atoms with van der Waals surface area (Å²) in [5.74, 6) is 1.74. The summed E-state index contributed by atoms with van der Waals surface area (Å²) in [7, 11) is 0. The molecule has 0 spiro atoms. The van der Waals surface area contributed by atoms with Crippen LogP contribution in [-0.4, -0.2) is 50.4 Å². The van der Waals surface area contributed by atoms with Crippen molar-refractivity contribution < 1.29 is 9.53 Å². The van der Waals surface area contributed by atoms with Gasteiger partial charge in [0.1, 0.15) is 5.75 Å². The number of fused-ring (bicyclic) bond motifs is 1. The molecule has 3 heterocycles. The molecule has 1 aliphatic heterocycles. The highest BCUT2D eigenvalue weighted by atomic mass is 16.5. The van der Waals surface area contributed by atoms with Crippen molar-refractivity contribution in [3.05, 3.63) is 42.0 Å². The SMILES string of the molecule is CC(C)Oc1cccc(C(C)NC(=O)C2CCN(c3ccc4nnnn4n3)CC2)c1. The van der Waals surface area contributed by atoms with E-state index in [9.17, 15) is 4.79 Å². The Morgan fingerprint density at radius 2 is 1.97 bits per heavy atom. The maximum Gasteiger partial charge on any atom is 0.223 e. The Hall–Kier alpha value is -3.23. The molecule has 0 radical (unpaired) electrons. The summed E-state index contributed by atoms with van der Waals surface area (Å²) in [6.45, 7) is 7.55. The van der Waals surface area contributed by atoms with E-state index in [1.54, 1.807) is 0 Å². The quantitative estimate of drug-likeness (QED) is 0.668. The topological polar surface area (TPSA) is 97.5 Å². The van der Waals surface area contributed by atoms with Crippen LogP contribution in [0.1, 0.15) is 45.2 Å². The standard InChI is InChI=1S/C21H27N7O2/c1-14(2)30-18-6-4-5-17(13-18)15(3)22-21(29)16-9-11-27(12-10-16)20-8-7-19-23-25-26-28(19)24-20/h4-8,13-16H,9-12H2,1-3H3,(H,22,29). The van der Waals surface area contributed by atoms with Gasteiger partial charge in [0.2, 0.25) is 5.91 Å². The zero-order chi connectivity index (χ0) is 21.1. The van der Waals surface area contributed by atoms with Gasteiger partial charge in [-0.3, -0.25) is 4.79 Å². The van der Waals surface area contributed by atoms with Gasteiger partial charge in [0, 0.05) is 19.0 Å². The van der Waals surface area contributed by atoms with Crippen LogP contribution in [0.2, 0.25) is 0 Å². The third kappa shape index (κ3) is 4.50. The summed E-state index contributed by atoms with van der Waals surface area (Å²) in [5, 5.41) is 18.9. The zero-order valence-electron chi connectivity index (χ0n) is 17.5. The van der Waals surface area contributed by atoms with Gasteiger partial charge in [0.05, 0.1) is 12.1 Å². The summed E-state index contributed by atoms with van der Waals surface area (Å²) in [6.07, 6.45) is 1.68. The van der Waals surface area contributed by atoms with Crippen molar-refractivity contribution in [1.82, 2.24) is 30.6 Å². The molecule has 30 heavy (non-hydrogen) atoms. The minimum absolute atomic E-state index is 0.00411. The van der Waals surface area contributed by atoms with Crippen LogP contribution in [0.5, 0.6) is 5.75 Å². The lowest BCUT2D eigenvalue weighted by atomic mass is 9.95. The number of nitrogens with one attached hydrogen (secondary N) is 1. The van der Waals surface area contributed by atoms with E-state index in [1.165, 1.54) is 4.63 Å². The average molecular weight is 409 g/mol. The van der Waals surface area contributed by atoms with Gasteiger partial charge >= 0.3 is 0 Å². The van der Waals surface area contributed by atoms with Crippen molar-refractivity contribution in [3.8, 4) is 5.75 Å². The smallest absolute Gasteiger partial charge is 0.223 e. The first-order valence-electron chi connectivity index (χ1n) is 10.4. The van der Waals surface area contributed by atoms with E-state index in [0.29, 0.717) is 5.65 Å². The number of aromatic nitrogens is 5. The van der Waals surface area contributed by atoms with E-state index in [0.717, 1.165) is 43.1 Å². The van der Waals surface area contributed by atoms with Gasteiger partial charge in [-0.15, -0.1) is 14.8 Å². The summed E-state index contributed by atoms with van der Waals surface area (Å²) in [5.41, 5.74) is 1.66. The number of hydrogen-bond donors (Lipinski definition) is 1. The molecule has 1 unspecified atom stereocenters. The third-order valence-corrected chi connectivity index (χ3v) is 5.33. The van der Waals surface area contributed by atoms with Gasteiger partial charge in [0.15, 0.2) is 11.5 Å².